The average molecular weight is 729 g/mol. The van der Waals surface area contributed by atoms with Crippen LogP contribution in [-0.4, -0.2) is 4.57 Å². The molecule has 57 heavy (non-hydrogen) atoms. The van der Waals surface area contributed by atoms with E-state index in [1.165, 1.54) is 44.1 Å². The van der Waals surface area contributed by atoms with Gasteiger partial charge in [0.05, 0.1) is 11.0 Å². The van der Waals surface area contributed by atoms with E-state index in [9.17, 15) is 0 Å². The maximum atomic E-state index is 6.46. The SMILES string of the molecule is c1ccc(-c2ccc(-c3cccc4c3c3cc(N(c5cccc(-c6ccccc6)c5)c5ccc6c(c5)oc5ccccc56)ccc3n4-c3ccccc3)cc2)cc1. The van der Waals surface area contributed by atoms with Crippen molar-refractivity contribution in [1.82, 2.24) is 4.57 Å². The van der Waals surface area contributed by atoms with Gasteiger partial charge in [0.15, 0.2) is 0 Å². The molecule has 11 aromatic rings. The maximum absolute atomic E-state index is 6.46. The third-order valence-corrected chi connectivity index (χ3v) is 11.2. The third kappa shape index (κ3) is 5.68. The van der Waals surface area contributed by atoms with Crippen molar-refractivity contribution in [3.8, 4) is 39.1 Å². The quantitative estimate of drug-likeness (QED) is 0.163. The smallest absolute Gasteiger partial charge is 0.137 e. The molecule has 0 atom stereocenters. The zero-order valence-corrected chi connectivity index (χ0v) is 31.1. The summed E-state index contributed by atoms with van der Waals surface area (Å²) in [7, 11) is 0. The number of nitrogens with zero attached hydrogens (tertiary/aromatic N) is 2. The average Bonchev–Trinajstić information content (AvgIpc) is 3.83. The van der Waals surface area contributed by atoms with Crippen molar-refractivity contribution in [3.05, 3.63) is 218 Å². The highest BCUT2D eigenvalue weighted by molar-refractivity contribution is 6.17. The molecule has 2 heterocycles. The summed E-state index contributed by atoms with van der Waals surface area (Å²) in [6, 6.07) is 78.2. The summed E-state index contributed by atoms with van der Waals surface area (Å²) in [4.78, 5) is 2.36. The van der Waals surface area contributed by atoms with Crippen LogP contribution < -0.4 is 4.90 Å². The summed E-state index contributed by atoms with van der Waals surface area (Å²) in [5.41, 5.74) is 15.5. The largest absolute Gasteiger partial charge is 0.456 e. The molecule has 0 aliphatic rings. The number of anilines is 3. The molecule has 2 aromatic heterocycles. The van der Waals surface area contributed by atoms with Gasteiger partial charge in [-0.05, 0) is 100 Å². The highest BCUT2D eigenvalue weighted by Crippen LogP contribution is 2.44. The Morgan fingerprint density at radius 3 is 1.70 bits per heavy atom. The van der Waals surface area contributed by atoms with Gasteiger partial charge in [-0.3, -0.25) is 0 Å². The van der Waals surface area contributed by atoms with Crippen molar-refractivity contribution in [3.63, 3.8) is 0 Å². The van der Waals surface area contributed by atoms with E-state index in [0.717, 1.165) is 55.8 Å². The molecule has 0 amide bonds. The summed E-state index contributed by atoms with van der Waals surface area (Å²) in [6.45, 7) is 0. The van der Waals surface area contributed by atoms with E-state index < -0.39 is 0 Å². The van der Waals surface area contributed by atoms with E-state index >= 15 is 0 Å². The van der Waals surface area contributed by atoms with Gasteiger partial charge in [0.2, 0.25) is 0 Å². The molecular weight excluding hydrogens is 693 g/mol. The molecule has 9 aromatic carbocycles. The van der Waals surface area contributed by atoms with E-state index in [0.29, 0.717) is 0 Å². The van der Waals surface area contributed by atoms with Crippen molar-refractivity contribution in [2.24, 2.45) is 0 Å². The van der Waals surface area contributed by atoms with Gasteiger partial charge in [0.1, 0.15) is 11.2 Å². The van der Waals surface area contributed by atoms with E-state index in [1.54, 1.807) is 0 Å². The van der Waals surface area contributed by atoms with E-state index in [2.05, 4.69) is 216 Å². The molecule has 0 fully saturated rings. The van der Waals surface area contributed by atoms with Crippen LogP contribution in [0.4, 0.5) is 17.1 Å². The van der Waals surface area contributed by atoms with Crippen LogP contribution in [-0.2, 0) is 0 Å². The molecule has 268 valence electrons. The number of fused-ring (bicyclic) bond motifs is 6. The summed E-state index contributed by atoms with van der Waals surface area (Å²) in [5.74, 6) is 0. The Balaban J connectivity index is 1.15. The lowest BCUT2D eigenvalue weighted by Gasteiger charge is -2.26. The lowest BCUT2D eigenvalue weighted by atomic mass is 9.96. The molecule has 0 spiro atoms. The van der Waals surface area contributed by atoms with Gasteiger partial charge in [-0.2, -0.15) is 0 Å². The normalized spacial score (nSPS) is 11.5. The number of hydrogen-bond acceptors (Lipinski definition) is 2. The minimum Gasteiger partial charge on any atom is -0.456 e. The first-order valence-electron chi connectivity index (χ1n) is 19.4. The van der Waals surface area contributed by atoms with Crippen LogP contribution in [0.1, 0.15) is 0 Å². The Bertz CT molecular complexity index is 3220. The summed E-state index contributed by atoms with van der Waals surface area (Å²) in [5, 5.41) is 4.63. The second kappa shape index (κ2) is 13.6. The van der Waals surface area contributed by atoms with Crippen LogP contribution in [0.2, 0.25) is 0 Å². The molecule has 3 heteroatoms. The van der Waals surface area contributed by atoms with E-state index in [-0.39, 0.29) is 0 Å². The molecule has 0 aliphatic carbocycles. The summed E-state index contributed by atoms with van der Waals surface area (Å²) >= 11 is 0. The molecule has 0 bridgehead atoms. The van der Waals surface area contributed by atoms with Crippen LogP contribution in [0, 0.1) is 0 Å². The lowest BCUT2D eigenvalue weighted by molar-refractivity contribution is 0.669. The fourth-order valence-electron chi connectivity index (χ4n) is 8.52. The van der Waals surface area contributed by atoms with Crippen molar-refractivity contribution in [2.45, 2.75) is 0 Å². The first kappa shape index (κ1) is 32.8. The minimum atomic E-state index is 0.862. The fourth-order valence-corrected chi connectivity index (χ4v) is 8.52. The standard InChI is InChI=1S/C54H36N2O/c1-4-14-37(15-5-1)39-26-28-40(29-27-39)46-23-13-24-51-54(46)49-35-44(31-33-50(49)56(51)42-19-8-3-9-20-42)55(43-21-12-18-41(34-43)38-16-6-2-7-17-38)45-30-32-48-47-22-10-11-25-52(47)57-53(48)36-45/h1-36H. The summed E-state index contributed by atoms with van der Waals surface area (Å²) < 4.78 is 8.86. The highest BCUT2D eigenvalue weighted by atomic mass is 16.3. The number of para-hydroxylation sites is 2. The van der Waals surface area contributed by atoms with Gasteiger partial charge in [-0.25, -0.2) is 0 Å². The second-order valence-corrected chi connectivity index (χ2v) is 14.5. The minimum absolute atomic E-state index is 0.862. The van der Waals surface area contributed by atoms with Crippen LogP contribution >= 0.6 is 0 Å². The molecule has 0 saturated carbocycles. The van der Waals surface area contributed by atoms with Gasteiger partial charge in [-0.15, -0.1) is 0 Å². The zero-order valence-electron chi connectivity index (χ0n) is 31.1. The number of rotatable bonds is 7. The zero-order chi connectivity index (χ0) is 37.7. The maximum Gasteiger partial charge on any atom is 0.137 e. The van der Waals surface area contributed by atoms with Crippen LogP contribution in [0.3, 0.4) is 0 Å². The van der Waals surface area contributed by atoms with E-state index in [4.69, 9.17) is 4.42 Å². The Morgan fingerprint density at radius 1 is 0.333 bits per heavy atom. The van der Waals surface area contributed by atoms with Gasteiger partial charge in [-0.1, -0.05) is 146 Å². The Kier molecular flexibility index (Phi) is 7.82. The molecule has 0 unspecified atom stereocenters. The van der Waals surface area contributed by atoms with Crippen LogP contribution in [0.15, 0.2) is 223 Å². The molecule has 0 radical (unpaired) electrons. The van der Waals surface area contributed by atoms with Gasteiger partial charge in [0, 0.05) is 50.4 Å². The van der Waals surface area contributed by atoms with Crippen molar-refractivity contribution in [1.29, 1.82) is 0 Å². The number of hydrogen-bond donors (Lipinski definition) is 0. The Hall–Kier alpha value is -7.62. The first-order valence-corrected chi connectivity index (χ1v) is 19.4. The molecule has 0 aliphatic heterocycles. The van der Waals surface area contributed by atoms with Crippen molar-refractivity contribution < 1.29 is 4.42 Å². The number of benzene rings is 9. The third-order valence-electron chi connectivity index (χ3n) is 11.2. The van der Waals surface area contributed by atoms with E-state index in [1.807, 2.05) is 12.1 Å². The predicted molar refractivity (Wildman–Crippen MR) is 239 cm³/mol. The van der Waals surface area contributed by atoms with Crippen molar-refractivity contribution in [2.75, 3.05) is 4.90 Å². The van der Waals surface area contributed by atoms with Gasteiger partial charge in [0.25, 0.3) is 0 Å². The van der Waals surface area contributed by atoms with Gasteiger partial charge < -0.3 is 13.9 Å². The van der Waals surface area contributed by atoms with Crippen LogP contribution in [0.25, 0.3) is 82.8 Å². The summed E-state index contributed by atoms with van der Waals surface area (Å²) in [6.07, 6.45) is 0. The fraction of sp³-hybridized carbons (Fsp3) is 0. The monoisotopic (exact) mass is 728 g/mol. The predicted octanol–water partition coefficient (Wildman–Crippen LogP) is 15.2. The second-order valence-electron chi connectivity index (χ2n) is 14.5. The van der Waals surface area contributed by atoms with Crippen LogP contribution in [0.5, 0.6) is 0 Å². The van der Waals surface area contributed by atoms with Crippen molar-refractivity contribution >= 4 is 60.8 Å². The lowest BCUT2D eigenvalue weighted by Crippen LogP contribution is -2.10. The number of furan rings is 1. The first-order chi connectivity index (χ1) is 28.3. The molecule has 11 rings (SSSR count). The topological polar surface area (TPSA) is 21.3 Å². The molecule has 0 N–H and O–H groups in total. The molecule has 3 nitrogen and oxygen atoms in total. The highest BCUT2D eigenvalue weighted by Gasteiger charge is 2.21. The Morgan fingerprint density at radius 2 is 0.912 bits per heavy atom. The molecule has 0 saturated heterocycles. The number of aromatic nitrogens is 1. The molecular formula is C54H36N2O. The van der Waals surface area contributed by atoms with Gasteiger partial charge >= 0.3 is 0 Å². The Labute approximate surface area is 330 Å².